The summed E-state index contributed by atoms with van der Waals surface area (Å²) in [5.41, 5.74) is 4.94. The van der Waals surface area contributed by atoms with Gasteiger partial charge in [0.15, 0.2) is 0 Å². The number of rotatable bonds is 1. The lowest BCUT2D eigenvalue weighted by Crippen LogP contribution is -1.85. The molecular weight excluding hydrogens is 216 g/mol. The van der Waals surface area contributed by atoms with Gasteiger partial charge >= 0.3 is 0 Å². The molecule has 0 unspecified atom stereocenters. The number of benzene rings is 3. The van der Waals surface area contributed by atoms with E-state index in [9.17, 15) is 0 Å². The molecule has 0 spiro atoms. The number of aryl methyl sites for hydroxylation is 2. The molecule has 0 atom stereocenters. The molecule has 3 aromatic carbocycles. The molecule has 0 saturated heterocycles. The molecule has 0 aromatic heterocycles. The van der Waals surface area contributed by atoms with E-state index in [1.165, 1.54) is 33.0 Å². The van der Waals surface area contributed by atoms with E-state index in [-0.39, 0.29) is 0 Å². The first-order valence-electron chi connectivity index (χ1n) is 6.23. The highest BCUT2D eigenvalue weighted by Crippen LogP contribution is 2.27. The van der Waals surface area contributed by atoms with E-state index in [1.807, 2.05) is 0 Å². The average molecular weight is 231 g/mol. The average Bonchev–Trinajstić information content (AvgIpc) is 2.38. The van der Waals surface area contributed by atoms with Crippen LogP contribution in [0, 0.1) is 19.9 Å². The van der Waals surface area contributed by atoms with Crippen LogP contribution in [0.2, 0.25) is 0 Å². The molecule has 0 saturated carbocycles. The minimum absolute atomic E-state index is 1.19. The third-order valence-electron chi connectivity index (χ3n) is 3.35. The zero-order valence-electron chi connectivity index (χ0n) is 10.7. The molecular formula is C18H15. The van der Waals surface area contributed by atoms with Crippen molar-refractivity contribution in [1.82, 2.24) is 0 Å². The fraction of sp³-hybridized carbons (Fsp3) is 0.111. The summed E-state index contributed by atoms with van der Waals surface area (Å²) in [6, 6.07) is 22.8. The zero-order chi connectivity index (χ0) is 12.5. The van der Waals surface area contributed by atoms with E-state index in [0.717, 1.165) is 0 Å². The quantitative estimate of drug-likeness (QED) is 0.557. The standard InChI is InChI=1S/C18H15/c1-13-7-10-18(14(2)11-13)17-9-8-15-5-3-4-6-16(15)12-17/h3-10,12H,1-2H3. The van der Waals surface area contributed by atoms with Crippen LogP contribution in [0.25, 0.3) is 21.9 Å². The first-order valence-corrected chi connectivity index (χ1v) is 6.23. The normalized spacial score (nSPS) is 10.8. The Labute approximate surface area is 108 Å². The molecule has 3 aromatic rings. The number of hydrogen-bond acceptors (Lipinski definition) is 0. The number of fused-ring (bicyclic) bond motifs is 1. The van der Waals surface area contributed by atoms with Crippen LogP contribution in [0.1, 0.15) is 11.1 Å². The largest absolute Gasteiger partial charge is 0.0616 e. The SMILES string of the molecule is Cc1[c]c(C)c(-c2ccc3ccccc3c2)cc1. The van der Waals surface area contributed by atoms with E-state index in [2.05, 4.69) is 74.5 Å². The summed E-state index contributed by atoms with van der Waals surface area (Å²) in [7, 11) is 0. The van der Waals surface area contributed by atoms with Crippen LogP contribution in [-0.4, -0.2) is 0 Å². The summed E-state index contributed by atoms with van der Waals surface area (Å²) < 4.78 is 0. The Hall–Kier alpha value is -2.08. The lowest BCUT2D eigenvalue weighted by Gasteiger charge is -2.08. The van der Waals surface area contributed by atoms with Crippen LogP contribution >= 0.6 is 0 Å². The van der Waals surface area contributed by atoms with Crippen LogP contribution in [0.15, 0.2) is 54.6 Å². The first kappa shape index (κ1) is 11.0. The lowest BCUT2D eigenvalue weighted by atomic mass is 9.96. The lowest BCUT2D eigenvalue weighted by molar-refractivity contribution is 1.37. The van der Waals surface area contributed by atoms with Crippen molar-refractivity contribution in [1.29, 1.82) is 0 Å². The summed E-state index contributed by atoms with van der Waals surface area (Å²) in [6.07, 6.45) is 0. The fourth-order valence-electron chi connectivity index (χ4n) is 2.41. The second kappa shape index (κ2) is 4.30. The van der Waals surface area contributed by atoms with Crippen molar-refractivity contribution < 1.29 is 0 Å². The second-order valence-corrected chi connectivity index (χ2v) is 4.74. The van der Waals surface area contributed by atoms with Crippen molar-refractivity contribution in [2.45, 2.75) is 13.8 Å². The molecule has 0 aliphatic rings. The maximum atomic E-state index is 3.39. The highest BCUT2D eigenvalue weighted by molar-refractivity contribution is 5.87. The maximum Gasteiger partial charge on any atom is -0.0114 e. The summed E-state index contributed by atoms with van der Waals surface area (Å²) in [5.74, 6) is 0. The zero-order valence-corrected chi connectivity index (χ0v) is 10.7. The molecule has 0 aliphatic heterocycles. The van der Waals surface area contributed by atoms with Gasteiger partial charge in [-0.05, 0) is 59.0 Å². The van der Waals surface area contributed by atoms with Gasteiger partial charge in [-0.25, -0.2) is 0 Å². The van der Waals surface area contributed by atoms with E-state index in [4.69, 9.17) is 0 Å². The van der Waals surface area contributed by atoms with E-state index < -0.39 is 0 Å². The summed E-state index contributed by atoms with van der Waals surface area (Å²) in [4.78, 5) is 0. The van der Waals surface area contributed by atoms with Gasteiger partial charge < -0.3 is 0 Å². The molecule has 0 amide bonds. The monoisotopic (exact) mass is 231 g/mol. The van der Waals surface area contributed by atoms with Crippen molar-refractivity contribution in [3.63, 3.8) is 0 Å². The van der Waals surface area contributed by atoms with Gasteiger partial charge in [0.1, 0.15) is 0 Å². The van der Waals surface area contributed by atoms with E-state index >= 15 is 0 Å². The maximum absolute atomic E-state index is 3.39. The Morgan fingerprint density at radius 2 is 1.56 bits per heavy atom. The minimum Gasteiger partial charge on any atom is -0.0616 e. The van der Waals surface area contributed by atoms with E-state index in [0.29, 0.717) is 0 Å². The molecule has 0 heteroatoms. The van der Waals surface area contributed by atoms with Crippen LogP contribution < -0.4 is 0 Å². The molecule has 18 heavy (non-hydrogen) atoms. The molecule has 0 fully saturated rings. The molecule has 87 valence electrons. The first-order chi connectivity index (χ1) is 8.74. The van der Waals surface area contributed by atoms with Gasteiger partial charge in [0.05, 0.1) is 0 Å². The summed E-state index contributed by atoms with van der Waals surface area (Å²) >= 11 is 0. The Morgan fingerprint density at radius 3 is 2.33 bits per heavy atom. The molecule has 0 aliphatic carbocycles. The molecule has 0 bridgehead atoms. The van der Waals surface area contributed by atoms with Crippen LogP contribution in [0.5, 0.6) is 0 Å². The van der Waals surface area contributed by atoms with Gasteiger partial charge in [0, 0.05) is 0 Å². The smallest absolute Gasteiger partial charge is 0.0114 e. The van der Waals surface area contributed by atoms with Gasteiger partial charge in [0.25, 0.3) is 0 Å². The molecule has 0 heterocycles. The van der Waals surface area contributed by atoms with Crippen molar-refractivity contribution in [3.8, 4) is 11.1 Å². The highest BCUT2D eigenvalue weighted by atomic mass is 14.1. The molecule has 1 radical (unpaired) electrons. The van der Waals surface area contributed by atoms with Crippen LogP contribution in [0.4, 0.5) is 0 Å². The molecule has 0 nitrogen and oxygen atoms in total. The second-order valence-electron chi connectivity index (χ2n) is 4.74. The van der Waals surface area contributed by atoms with Gasteiger partial charge in [-0.1, -0.05) is 48.5 Å². The topological polar surface area (TPSA) is 0 Å². The summed E-state index contributed by atoms with van der Waals surface area (Å²) in [6.45, 7) is 4.20. The van der Waals surface area contributed by atoms with Gasteiger partial charge in [-0.15, -0.1) is 0 Å². The van der Waals surface area contributed by atoms with Crippen LogP contribution in [0.3, 0.4) is 0 Å². The fourth-order valence-corrected chi connectivity index (χ4v) is 2.41. The van der Waals surface area contributed by atoms with Crippen molar-refractivity contribution >= 4 is 10.8 Å². The Kier molecular flexibility index (Phi) is 2.64. The van der Waals surface area contributed by atoms with E-state index in [1.54, 1.807) is 0 Å². The Bertz CT molecular complexity index is 708. The van der Waals surface area contributed by atoms with Gasteiger partial charge in [-0.3, -0.25) is 0 Å². The Balaban J connectivity index is 2.19. The predicted molar refractivity (Wildman–Crippen MR) is 77.7 cm³/mol. The van der Waals surface area contributed by atoms with Gasteiger partial charge in [0.2, 0.25) is 0 Å². The molecule has 0 N–H and O–H groups in total. The van der Waals surface area contributed by atoms with Gasteiger partial charge in [-0.2, -0.15) is 0 Å². The van der Waals surface area contributed by atoms with Crippen LogP contribution in [-0.2, 0) is 0 Å². The summed E-state index contributed by atoms with van der Waals surface area (Å²) in [5, 5.41) is 2.57. The molecule has 3 rings (SSSR count). The number of hydrogen-bond donors (Lipinski definition) is 0. The van der Waals surface area contributed by atoms with Crippen molar-refractivity contribution in [3.05, 3.63) is 71.8 Å². The van der Waals surface area contributed by atoms with Crippen molar-refractivity contribution in [2.24, 2.45) is 0 Å². The third-order valence-corrected chi connectivity index (χ3v) is 3.35. The minimum atomic E-state index is 1.19. The highest BCUT2D eigenvalue weighted by Gasteiger charge is 2.03. The van der Waals surface area contributed by atoms with Crippen molar-refractivity contribution in [2.75, 3.05) is 0 Å². The predicted octanol–water partition coefficient (Wildman–Crippen LogP) is 4.92. The third kappa shape index (κ3) is 1.91. The Morgan fingerprint density at radius 1 is 0.778 bits per heavy atom.